The molecule has 2 aromatic heterocycles. The van der Waals surface area contributed by atoms with Gasteiger partial charge in [0.1, 0.15) is 11.6 Å². The minimum Gasteiger partial charge on any atom is -0.493 e. The summed E-state index contributed by atoms with van der Waals surface area (Å²) in [6, 6.07) is 13.7. The van der Waals surface area contributed by atoms with Crippen molar-refractivity contribution in [1.29, 1.82) is 0 Å². The number of H-pyrrole nitrogens is 2. The Morgan fingerprint density at radius 2 is 2.00 bits per heavy atom. The Labute approximate surface area is 189 Å². The number of hydrogen-bond donors (Lipinski definition) is 3. The first-order valence-electron chi connectivity index (χ1n) is 11.0. The third kappa shape index (κ3) is 3.77. The van der Waals surface area contributed by atoms with E-state index < -0.39 is 11.4 Å². The largest absolute Gasteiger partial charge is 0.493 e. The van der Waals surface area contributed by atoms with E-state index in [4.69, 9.17) is 4.74 Å². The number of ether oxygens (including phenoxy) is 1. The van der Waals surface area contributed by atoms with Crippen molar-refractivity contribution in [3.63, 3.8) is 0 Å². The number of imidazole rings is 1. The Kier molecular flexibility index (Phi) is 5.20. The fourth-order valence-corrected chi connectivity index (χ4v) is 4.46. The molecule has 2 aromatic carbocycles. The van der Waals surface area contributed by atoms with Crippen molar-refractivity contribution in [3.8, 4) is 28.3 Å². The Morgan fingerprint density at radius 3 is 2.73 bits per heavy atom. The molecule has 0 atom stereocenters. The first-order valence-corrected chi connectivity index (χ1v) is 11.0. The van der Waals surface area contributed by atoms with Gasteiger partial charge in [0.2, 0.25) is 0 Å². The van der Waals surface area contributed by atoms with Crippen molar-refractivity contribution in [2.45, 2.75) is 32.6 Å². The Balaban J connectivity index is 1.51. The van der Waals surface area contributed by atoms with Crippen LogP contribution in [0.2, 0.25) is 0 Å². The molecule has 8 nitrogen and oxygen atoms in total. The van der Waals surface area contributed by atoms with Crippen LogP contribution < -0.4 is 10.3 Å². The van der Waals surface area contributed by atoms with E-state index in [0.717, 1.165) is 36.0 Å². The monoisotopic (exact) mass is 444 g/mol. The molecule has 5 rings (SSSR count). The van der Waals surface area contributed by atoms with Gasteiger partial charge in [0.25, 0.3) is 5.56 Å². The topological polar surface area (TPSA) is 121 Å². The molecule has 0 amide bonds. The van der Waals surface area contributed by atoms with Gasteiger partial charge in [-0.3, -0.25) is 9.59 Å². The summed E-state index contributed by atoms with van der Waals surface area (Å²) in [5, 5.41) is 9.68. The van der Waals surface area contributed by atoms with E-state index >= 15 is 0 Å². The van der Waals surface area contributed by atoms with Crippen molar-refractivity contribution in [3.05, 3.63) is 64.7 Å². The number of nitrogens with one attached hydrogen (secondary N) is 2. The van der Waals surface area contributed by atoms with Crippen LogP contribution in [0.25, 0.3) is 33.7 Å². The van der Waals surface area contributed by atoms with Crippen LogP contribution >= 0.6 is 0 Å². The van der Waals surface area contributed by atoms with E-state index in [1.807, 2.05) is 49.4 Å². The third-order valence-corrected chi connectivity index (χ3v) is 6.40. The highest BCUT2D eigenvalue weighted by atomic mass is 16.5. The van der Waals surface area contributed by atoms with Crippen LogP contribution in [0.15, 0.2) is 53.6 Å². The molecule has 3 N–H and O–H groups in total. The molecule has 8 heteroatoms. The summed E-state index contributed by atoms with van der Waals surface area (Å²) < 4.78 is 5.89. The highest BCUT2D eigenvalue weighted by Gasteiger charge is 2.44. The summed E-state index contributed by atoms with van der Waals surface area (Å²) in [7, 11) is 0. The predicted octanol–water partition coefficient (Wildman–Crippen LogP) is 4.18. The third-order valence-electron chi connectivity index (χ3n) is 6.40. The van der Waals surface area contributed by atoms with Crippen molar-refractivity contribution in [2.75, 3.05) is 6.61 Å². The fourth-order valence-electron chi connectivity index (χ4n) is 4.46. The summed E-state index contributed by atoms with van der Waals surface area (Å²) in [5.74, 6) is 0.272. The quantitative estimate of drug-likeness (QED) is 0.393. The van der Waals surface area contributed by atoms with Crippen LogP contribution in [-0.2, 0) is 11.2 Å². The van der Waals surface area contributed by atoms with Crippen molar-refractivity contribution in [2.24, 2.45) is 5.41 Å². The van der Waals surface area contributed by atoms with Crippen LogP contribution in [0.4, 0.5) is 0 Å². The lowest BCUT2D eigenvalue weighted by Gasteiger charge is -2.37. The highest BCUT2D eigenvalue weighted by Crippen LogP contribution is 2.44. The highest BCUT2D eigenvalue weighted by molar-refractivity contribution is 5.78. The van der Waals surface area contributed by atoms with E-state index in [-0.39, 0.29) is 5.56 Å². The SMILES string of the molecule is CCOc1cc(-c2cccc(CC3(C(=O)O)CCC3)c2)ccc1-c1nc2nc[nH]c2c(=O)[nH]1. The summed E-state index contributed by atoms with van der Waals surface area (Å²) in [6.07, 6.45) is 4.38. The lowest BCUT2D eigenvalue weighted by atomic mass is 9.65. The van der Waals surface area contributed by atoms with Gasteiger partial charge in [-0.2, -0.15) is 0 Å². The second-order valence-electron chi connectivity index (χ2n) is 8.48. The summed E-state index contributed by atoms with van der Waals surface area (Å²) in [6.45, 7) is 2.35. The number of carboxylic acids is 1. The average Bonchev–Trinajstić information content (AvgIpc) is 3.26. The molecule has 4 aromatic rings. The summed E-state index contributed by atoms with van der Waals surface area (Å²) in [4.78, 5) is 38.3. The van der Waals surface area contributed by atoms with Crippen molar-refractivity contribution < 1.29 is 14.6 Å². The molecule has 0 saturated heterocycles. The minimum atomic E-state index is -0.711. The molecule has 2 heterocycles. The van der Waals surface area contributed by atoms with E-state index in [2.05, 4.69) is 19.9 Å². The standard InChI is InChI=1S/C25H24N4O4/c1-2-33-19-12-17(7-8-18(19)21-28-22-20(23(30)29-21)26-14-27-22)16-6-3-5-15(11-16)13-25(24(31)32)9-4-10-25/h3,5-8,11-12,14H,2,4,9-10,13H2,1H3,(H,31,32)(H2,26,27,28,29,30). The lowest BCUT2D eigenvalue weighted by Crippen LogP contribution is -2.39. The van der Waals surface area contributed by atoms with Gasteiger partial charge in [0.05, 0.1) is 23.9 Å². The zero-order valence-corrected chi connectivity index (χ0v) is 18.2. The smallest absolute Gasteiger partial charge is 0.309 e. The molecule has 168 valence electrons. The molecule has 0 aliphatic heterocycles. The maximum absolute atomic E-state index is 12.4. The van der Waals surface area contributed by atoms with Gasteiger partial charge in [0, 0.05) is 0 Å². The number of aliphatic carboxylic acids is 1. The number of aromatic amines is 2. The van der Waals surface area contributed by atoms with E-state index in [1.165, 1.54) is 6.33 Å². The van der Waals surface area contributed by atoms with Gasteiger partial charge in [-0.25, -0.2) is 9.97 Å². The molecule has 1 aliphatic carbocycles. The molecular formula is C25H24N4O4. The molecule has 1 aliphatic rings. The molecule has 0 radical (unpaired) electrons. The van der Waals surface area contributed by atoms with Gasteiger partial charge < -0.3 is 19.8 Å². The zero-order chi connectivity index (χ0) is 23.0. The molecular weight excluding hydrogens is 420 g/mol. The van der Waals surface area contributed by atoms with Crippen molar-refractivity contribution >= 4 is 17.1 Å². The molecule has 1 saturated carbocycles. The second-order valence-corrected chi connectivity index (χ2v) is 8.48. The van der Waals surface area contributed by atoms with Gasteiger partial charge in [-0.05, 0) is 55.0 Å². The predicted molar refractivity (Wildman–Crippen MR) is 124 cm³/mol. The van der Waals surface area contributed by atoms with Gasteiger partial charge in [-0.1, -0.05) is 36.8 Å². The first-order chi connectivity index (χ1) is 16.0. The molecule has 1 fully saturated rings. The summed E-state index contributed by atoms with van der Waals surface area (Å²) in [5.41, 5.74) is 3.32. The molecule has 0 bridgehead atoms. The van der Waals surface area contributed by atoms with E-state index in [1.54, 1.807) is 0 Å². The van der Waals surface area contributed by atoms with Crippen molar-refractivity contribution in [1.82, 2.24) is 19.9 Å². The van der Waals surface area contributed by atoms with Crippen LogP contribution in [0.5, 0.6) is 5.75 Å². The number of carboxylic acid groups (broad SMARTS) is 1. The van der Waals surface area contributed by atoms with Gasteiger partial charge >= 0.3 is 5.97 Å². The zero-order valence-electron chi connectivity index (χ0n) is 18.2. The number of nitrogens with zero attached hydrogens (tertiary/aromatic N) is 2. The Morgan fingerprint density at radius 1 is 1.18 bits per heavy atom. The number of fused-ring (bicyclic) bond motifs is 1. The number of rotatable bonds is 7. The minimum absolute atomic E-state index is 0.296. The Bertz CT molecular complexity index is 1400. The second kappa shape index (κ2) is 8.20. The number of aromatic nitrogens is 4. The number of benzene rings is 2. The lowest BCUT2D eigenvalue weighted by molar-refractivity contribution is -0.154. The molecule has 0 spiro atoms. The normalized spacial score (nSPS) is 14.7. The molecule has 0 unspecified atom stereocenters. The van der Waals surface area contributed by atoms with E-state index in [9.17, 15) is 14.7 Å². The van der Waals surface area contributed by atoms with Crippen LogP contribution in [0.1, 0.15) is 31.7 Å². The maximum atomic E-state index is 12.4. The number of carbonyl (C=O) groups is 1. The van der Waals surface area contributed by atoms with Crippen LogP contribution in [0.3, 0.4) is 0 Å². The van der Waals surface area contributed by atoms with E-state index in [0.29, 0.717) is 41.3 Å². The summed E-state index contributed by atoms with van der Waals surface area (Å²) >= 11 is 0. The average molecular weight is 444 g/mol. The van der Waals surface area contributed by atoms with Crippen LogP contribution in [0, 0.1) is 5.41 Å². The first kappa shape index (κ1) is 20.9. The van der Waals surface area contributed by atoms with Crippen LogP contribution in [-0.4, -0.2) is 37.6 Å². The van der Waals surface area contributed by atoms with Gasteiger partial charge in [-0.15, -0.1) is 0 Å². The fraction of sp³-hybridized carbons (Fsp3) is 0.280. The maximum Gasteiger partial charge on any atom is 0.309 e. The van der Waals surface area contributed by atoms with Gasteiger partial charge in [0.15, 0.2) is 11.2 Å². The number of hydrogen-bond acceptors (Lipinski definition) is 5. The Hall–Kier alpha value is -3.94. The molecule has 33 heavy (non-hydrogen) atoms.